The molecule has 0 bridgehead atoms. The third-order valence-electron chi connectivity index (χ3n) is 6.64. The number of nitrogens with one attached hydrogen (secondary N) is 2. The van der Waals surface area contributed by atoms with E-state index in [1.165, 1.54) is 40.0 Å². The van der Waals surface area contributed by atoms with Crippen molar-refractivity contribution < 1.29 is 27.8 Å². The Hall–Kier alpha value is -3.67. The van der Waals surface area contributed by atoms with E-state index in [9.17, 15) is 9.18 Å². The summed E-state index contributed by atoms with van der Waals surface area (Å²) < 4.78 is 46.6. The molecular formula is C31H34F2N4O4S. The van der Waals surface area contributed by atoms with Crippen LogP contribution in [0.3, 0.4) is 0 Å². The highest BCUT2D eigenvalue weighted by molar-refractivity contribution is 7.17. The molecule has 42 heavy (non-hydrogen) atoms. The van der Waals surface area contributed by atoms with Gasteiger partial charge in [-0.05, 0) is 69.5 Å². The third-order valence-corrected chi connectivity index (χ3v) is 7.60. The molecule has 0 aliphatic carbocycles. The molecule has 5 rings (SSSR count). The number of hydrogen-bond donors (Lipinski definition) is 2. The molecule has 3 heterocycles. The summed E-state index contributed by atoms with van der Waals surface area (Å²) in [6.07, 6.45) is 1.55. The van der Waals surface area contributed by atoms with Crippen molar-refractivity contribution in [2.45, 2.75) is 45.8 Å². The topological polar surface area (TPSA) is 94.6 Å². The maximum atomic E-state index is 15.2. The van der Waals surface area contributed by atoms with Crippen LogP contribution in [-0.4, -0.2) is 54.8 Å². The summed E-state index contributed by atoms with van der Waals surface area (Å²) in [5, 5.41) is 16.8. The van der Waals surface area contributed by atoms with E-state index in [0.717, 1.165) is 31.5 Å². The highest BCUT2D eigenvalue weighted by Crippen LogP contribution is 2.41. The number of hydrogen-bond acceptors (Lipinski definition) is 8. The molecular weight excluding hydrogens is 562 g/mol. The number of amides is 1. The molecule has 0 saturated heterocycles. The highest BCUT2D eigenvalue weighted by atomic mass is 32.1. The fourth-order valence-electron chi connectivity index (χ4n) is 4.78. The Morgan fingerprint density at radius 2 is 1.88 bits per heavy atom. The average Bonchev–Trinajstić information content (AvgIpc) is 3.17. The van der Waals surface area contributed by atoms with Gasteiger partial charge >= 0.3 is 6.09 Å². The van der Waals surface area contributed by atoms with Crippen molar-refractivity contribution in [1.29, 1.82) is 0 Å². The number of nitrogens with zero attached hydrogens (tertiary/aromatic N) is 2. The van der Waals surface area contributed by atoms with E-state index in [4.69, 9.17) is 14.2 Å². The Bertz CT molecular complexity index is 1570. The number of ether oxygens (including phenoxy) is 3. The first-order chi connectivity index (χ1) is 20.2. The van der Waals surface area contributed by atoms with Crippen LogP contribution in [0.4, 0.5) is 13.6 Å². The van der Waals surface area contributed by atoms with Gasteiger partial charge in [-0.1, -0.05) is 12.1 Å². The summed E-state index contributed by atoms with van der Waals surface area (Å²) in [4.78, 5) is 11.7. The number of benzene rings is 2. The predicted molar refractivity (Wildman–Crippen MR) is 159 cm³/mol. The van der Waals surface area contributed by atoms with Crippen molar-refractivity contribution in [2.75, 3.05) is 32.9 Å². The van der Waals surface area contributed by atoms with E-state index in [-0.39, 0.29) is 37.9 Å². The Labute approximate surface area is 247 Å². The SMILES string of the molecule is CC(C)(C)OC(=O)NCCOCCOc1cc(F)ccc1-c1nnc(-c2ccc3c(c2)CNCCC3)c2c(F)csc12. The van der Waals surface area contributed by atoms with Crippen molar-refractivity contribution in [1.82, 2.24) is 20.8 Å². The largest absolute Gasteiger partial charge is 0.490 e. The predicted octanol–water partition coefficient (Wildman–Crippen LogP) is 6.26. The van der Waals surface area contributed by atoms with Gasteiger partial charge in [0.1, 0.15) is 41.0 Å². The number of fused-ring (bicyclic) bond motifs is 2. The van der Waals surface area contributed by atoms with Crippen LogP contribution in [0.15, 0.2) is 41.8 Å². The number of rotatable bonds is 9. The van der Waals surface area contributed by atoms with Gasteiger partial charge in [0.2, 0.25) is 0 Å². The Morgan fingerprint density at radius 1 is 1.05 bits per heavy atom. The second-order valence-corrected chi connectivity index (χ2v) is 11.9. The lowest BCUT2D eigenvalue weighted by Crippen LogP contribution is -2.34. The second-order valence-electron chi connectivity index (χ2n) is 11.0. The van der Waals surface area contributed by atoms with Gasteiger partial charge in [0.05, 0.1) is 23.3 Å². The third kappa shape index (κ3) is 7.21. The normalized spacial score (nSPS) is 13.5. The zero-order chi connectivity index (χ0) is 29.7. The lowest BCUT2D eigenvalue weighted by molar-refractivity contribution is 0.0489. The molecule has 0 saturated carbocycles. The van der Waals surface area contributed by atoms with Crippen LogP contribution in [0.5, 0.6) is 5.75 Å². The van der Waals surface area contributed by atoms with Crippen LogP contribution < -0.4 is 15.4 Å². The number of halogens is 2. The monoisotopic (exact) mass is 596 g/mol. The Balaban J connectivity index is 1.31. The van der Waals surface area contributed by atoms with E-state index in [1.54, 1.807) is 26.8 Å². The standard InChI is InChI=1S/C31H34F2N4O4S/c1-31(2,3)41-30(38)35-11-12-39-13-14-40-25-16-22(32)8-9-23(25)28-29-26(24(33)18-42-29)27(36-37-28)20-7-6-19-5-4-10-34-17-21(19)15-20/h6-9,15-16,18,34H,4-5,10-14,17H2,1-3H3,(H,35,38). The van der Waals surface area contributed by atoms with Crippen LogP contribution in [-0.2, 0) is 22.4 Å². The quantitative estimate of drug-likeness (QED) is 0.220. The van der Waals surface area contributed by atoms with Gasteiger partial charge < -0.3 is 24.8 Å². The summed E-state index contributed by atoms with van der Waals surface area (Å²) in [6, 6.07) is 10.3. The van der Waals surface area contributed by atoms with Crippen LogP contribution in [0.25, 0.3) is 32.6 Å². The van der Waals surface area contributed by atoms with Crippen LogP contribution in [0.1, 0.15) is 38.3 Å². The van der Waals surface area contributed by atoms with Gasteiger partial charge in [0, 0.05) is 35.7 Å². The number of carbonyl (C=O) groups excluding carboxylic acids is 1. The van der Waals surface area contributed by atoms with Crippen LogP contribution in [0, 0.1) is 11.6 Å². The zero-order valence-electron chi connectivity index (χ0n) is 23.9. The van der Waals surface area contributed by atoms with E-state index in [0.29, 0.717) is 27.0 Å². The molecule has 2 aromatic heterocycles. The lowest BCUT2D eigenvalue weighted by atomic mass is 9.98. The maximum absolute atomic E-state index is 15.2. The maximum Gasteiger partial charge on any atom is 0.407 e. The van der Waals surface area contributed by atoms with Gasteiger partial charge in [-0.15, -0.1) is 21.5 Å². The average molecular weight is 597 g/mol. The molecule has 2 aromatic carbocycles. The Morgan fingerprint density at radius 3 is 2.71 bits per heavy atom. The lowest BCUT2D eigenvalue weighted by Gasteiger charge is -2.19. The summed E-state index contributed by atoms with van der Waals surface area (Å²) in [5.74, 6) is -0.612. The second kappa shape index (κ2) is 13.1. The molecule has 4 aromatic rings. The minimum absolute atomic E-state index is 0.125. The fourth-order valence-corrected chi connectivity index (χ4v) is 5.69. The smallest absolute Gasteiger partial charge is 0.407 e. The molecule has 0 atom stereocenters. The molecule has 0 fully saturated rings. The first-order valence-electron chi connectivity index (χ1n) is 13.9. The number of aryl methyl sites for hydroxylation is 1. The van der Waals surface area contributed by atoms with Crippen LogP contribution >= 0.6 is 11.3 Å². The molecule has 0 radical (unpaired) electrons. The van der Waals surface area contributed by atoms with Gasteiger partial charge in [0.25, 0.3) is 0 Å². The zero-order valence-corrected chi connectivity index (χ0v) is 24.7. The van der Waals surface area contributed by atoms with Gasteiger partial charge in [-0.3, -0.25) is 0 Å². The van der Waals surface area contributed by atoms with Crippen molar-refractivity contribution in [3.63, 3.8) is 0 Å². The molecule has 8 nitrogen and oxygen atoms in total. The molecule has 11 heteroatoms. The summed E-state index contributed by atoms with van der Waals surface area (Å²) in [5.41, 5.74) is 4.07. The summed E-state index contributed by atoms with van der Waals surface area (Å²) >= 11 is 1.22. The Kier molecular flexibility index (Phi) is 9.30. The summed E-state index contributed by atoms with van der Waals surface area (Å²) in [6.45, 7) is 7.92. The van der Waals surface area contributed by atoms with E-state index in [1.807, 2.05) is 6.07 Å². The number of alkyl carbamates (subject to hydrolysis) is 1. The van der Waals surface area contributed by atoms with Crippen molar-refractivity contribution >= 4 is 27.5 Å². The van der Waals surface area contributed by atoms with E-state index < -0.39 is 17.5 Å². The van der Waals surface area contributed by atoms with Crippen molar-refractivity contribution in [3.05, 3.63) is 64.5 Å². The molecule has 1 aliphatic heterocycles. The first kappa shape index (κ1) is 29.8. The van der Waals surface area contributed by atoms with Gasteiger partial charge in [-0.2, -0.15) is 0 Å². The number of aromatic nitrogens is 2. The molecule has 0 spiro atoms. The molecule has 222 valence electrons. The highest BCUT2D eigenvalue weighted by Gasteiger charge is 2.22. The molecule has 2 N–H and O–H groups in total. The van der Waals surface area contributed by atoms with Crippen LogP contribution in [0.2, 0.25) is 0 Å². The van der Waals surface area contributed by atoms with E-state index >= 15 is 4.39 Å². The van der Waals surface area contributed by atoms with Gasteiger partial charge in [0.15, 0.2) is 0 Å². The van der Waals surface area contributed by atoms with Crippen molar-refractivity contribution in [2.24, 2.45) is 0 Å². The minimum atomic E-state index is -0.579. The number of thiophene rings is 1. The molecule has 1 aliphatic rings. The van der Waals surface area contributed by atoms with E-state index in [2.05, 4.69) is 33.0 Å². The van der Waals surface area contributed by atoms with Gasteiger partial charge in [-0.25, -0.2) is 13.6 Å². The minimum Gasteiger partial charge on any atom is -0.490 e. The molecule has 0 unspecified atom stereocenters. The molecule has 1 amide bonds. The summed E-state index contributed by atoms with van der Waals surface area (Å²) in [7, 11) is 0. The first-order valence-corrected chi connectivity index (χ1v) is 14.8. The van der Waals surface area contributed by atoms with Crippen molar-refractivity contribution in [3.8, 4) is 28.3 Å². The number of carbonyl (C=O) groups is 1. The fraction of sp³-hybridized carbons (Fsp3) is 0.387.